The first kappa shape index (κ1) is 14.6. The zero-order chi connectivity index (χ0) is 15.4. The van der Waals surface area contributed by atoms with Gasteiger partial charge in [-0.15, -0.1) is 0 Å². The van der Waals surface area contributed by atoms with Crippen molar-refractivity contribution >= 4 is 11.6 Å². The fourth-order valence-electron chi connectivity index (χ4n) is 1.68. The molecule has 0 atom stereocenters. The highest BCUT2D eigenvalue weighted by atomic mass is 19.1. The van der Waals surface area contributed by atoms with Gasteiger partial charge in [-0.1, -0.05) is 0 Å². The highest BCUT2D eigenvalue weighted by molar-refractivity contribution is 5.94. The van der Waals surface area contributed by atoms with E-state index in [0.29, 0.717) is 18.6 Å². The highest BCUT2D eigenvalue weighted by Gasteiger charge is 2.21. The van der Waals surface area contributed by atoms with Crippen LogP contribution in [0.1, 0.15) is 16.1 Å². The number of imidazole rings is 1. The van der Waals surface area contributed by atoms with Crippen LogP contribution in [-0.2, 0) is 6.42 Å². The number of amides is 1. The molecule has 0 saturated carbocycles. The predicted octanol–water partition coefficient (Wildman–Crippen LogP) is 1.57. The molecule has 0 bridgehead atoms. The summed E-state index contributed by atoms with van der Waals surface area (Å²) in [6, 6.07) is 0.901. The van der Waals surface area contributed by atoms with Crippen LogP contribution < -0.4 is 5.32 Å². The van der Waals surface area contributed by atoms with Gasteiger partial charge in [0.05, 0.1) is 22.9 Å². The Balaban J connectivity index is 2.05. The standard InChI is InChI=1S/C12H10F2N4O3/c13-9-4-11(18(20)21)10(14)3-8(9)12(19)16-2-1-7-5-15-6-17-7/h3-6H,1-2H2,(H,15,17)(H,16,19). The number of carbonyl (C=O) groups excluding carboxylic acids is 1. The van der Waals surface area contributed by atoms with Crippen LogP contribution in [0.3, 0.4) is 0 Å². The summed E-state index contributed by atoms with van der Waals surface area (Å²) in [7, 11) is 0. The number of aromatic amines is 1. The number of nitrogens with zero attached hydrogens (tertiary/aromatic N) is 2. The maximum Gasteiger partial charge on any atom is 0.307 e. The molecule has 7 nitrogen and oxygen atoms in total. The van der Waals surface area contributed by atoms with E-state index in [1.54, 1.807) is 6.20 Å². The van der Waals surface area contributed by atoms with E-state index in [1.807, 2.05) is 0 Å². The fourth-order valence-corrected chi connectivity index (χ4v) is 1.68. The molecule has 21 heavy (non-hydrogen) atoms. The van der Waals surface area contributed by atoms with Gasteiger partial charge in [0.2, 0.25) is 5.82 Å². The third kappa shape index (κ3) is 3.38. The van der Waals surface area contributed by atoms with Gasteiger partial charge in [-0.05, 0) is 6.07 Å². The molecular formula is C12H10F2N4O3. The zero-order valence-corrected chi connectivity index (χ0v) is 10.6. The van der Waals surface area contributed by atoms with Crippen LogP contribution in [-0.4, -0.2) is 27.3 Å². The minimum Gasteiger partial charge on any atom is -0.352 e. The quantitative estimate of drug-likeness (QED) is 0.646. The van der Waals surface area contributed by atoms with Crippen LogP contribution in [0.2, 0.25) is 0 Å². The van der Waals surface area contributed by atoms with E-state index in [9.17, 15) is 23.7 Å². The molecule has 1 aromatic carbocycles. The molecule has 0 radical (unpaired) electrons. The first-order chi connectivity index (χ1) is 9.99. The third-order valence-corrected chi connectivity index (χ3v) is 2.71. The van der Waals surface area contributed by atoms with E-state index in [-0.39, 0.29) is 6.54 Å². The molecule has 0 aliphatic heterocycles. The summed E-state index contributed by atoms with van der Waals surface area (Å²) < 4.78 is 27.0. The number of nitro groups is 1. The molecule has 0 unspecified atom stereocenters. The number of nitrogens with one attached hydrogen (secondary N) is 2. The van der Waals surface area contributed by atoms with Crippen molar-refractivity contribution in [1.82, 2.24) is 15.3 Å². The monoisotopic (exact) mass is 296 g/mol. The maximum absolute atomic E-state index is 13.6. The Morgan fingerprint density at radius 1 is 1.38 bits per heavy atom. The van der Waals surface area contributed by atoms with Crippen molar-refractivity contribution in [3.8, 4) is 0 Å². The molecule has 1 heterocycles. The zero-order valence-electron chi connectivity index (χ0n) is 10.6. The molecule has 0 aliphatic rings. The fraction of sp³-hybridized carbons (Fsp3) is 0.167. The molecule has 1 amide bonds. The molecule has 2 aromatic rings. The van der Waals surface area contributed by atoms with E-state index in [1.165, 1.54) is 6.33 Å². The predicted molar refractivity (Wildman–Crippen MR) is 67.6 cm³/mol. The molecule has 1 aromatic heterocycles. The highest BCUT2D eigenvalue weighted by Crippen LogP contribution is 2.21. The Bertz CT molecular complexity index is 673. The molecule has 0 saturated heterocycles. The second-order valence-corrected chi connectivity index (χ2v) is 4.12. The number of benzene rings is 1. The average molecular weight is 296 g/mol. The van der Waals surface area contributed by atoms with Crippen LogP contribution in [0.5, 0.6) is 0 Å². The molecule has 110 valence electrons. The Morgan fingerprint density at radius 2 is 2.14 bits per heavy atom. The van der Waals surface area contributed by atoms with Gasteiger partial charge in [0.15, 0.2) is 0 Å². The number of carbonyl (C=O) groups is 1. The molecular weight excluding hydrogens is 286 g/mol. The first-order valence-electron chi connectivity index (χ1n) is 5.88. The van der Waals surface area contributed by atoms with Crippen molar-refractivity contribution in [2.75, 3.05) is 6.54 Å². The first-order valence-corrected chi connectivity index (χ1v) is 5.88. The smallest absolute Gasteiger partial charge is 0.307 e. The van der Waals surface area contributed by atoms with Crippen molar-refractivity contribution < 1.29 is 18.5 Å². The summed E-state index contributed by atoms with van der Waals surface area (Å²) in [6.45, 7) is 0.180. The van der Waals surface area contributed by atoms with Crippen molar-refractivity contribution in [3.05, 3.63) is 57.7 Å². The van der Waals surface area contributed by atoms with Gasteiger partial charge in [0, 0.05) is 24.9 Å². The largest absolute Gasteiger partial charge is 0.352 e. The summed E-state index contributed by atoms with van der Waals surface area (Å²) >= 11 is 0. The molecule has 0 fully saturated rings. The minimum absolute atomic E-state index is 0.180. The van der Waals surface area contributed by atoms with Gasteiger partial charge in [-0.25, -0.2) is 9.37 Å². The molecule has 0 spiro atoms. The molecule has 9 heteroatoms. The Hall–Kier alpha value is -2.84. The maximum atomic E-state index is 13.6. The van der Waals surface area contributed by atoms with Gasteiger partial charge in [0.25, 0.3) is 5.91 Å². The summed E-state index contributed by atoms with van der Waals surface area (Å²) in [4.78, 5) is 27.7. The Kier molecular flexibility index (Phi) is 4.21. The Labute approximate surface area is 117 Å². The van der Waals surface area contributed by atoms with Crippen LogP contribution in [0.25, 0.3) is 0 Å². The second kappa shape index (κ2) is 6.07. The van der Waals surface area contributed by atoms with Crippen molar-refractivity contribution in [2.24, 2.45) is 0 Å². The minimum atomic E-state index is -1.26. The van der Waals surface area contributed by atoms with E-state index in [2.05, 4.69) is 15.3 Å². The third-order valence-electron chi connectivity index (χ3n) is 2.71. The topological polar surface area (TPSA) is 101 Å². The number of H-pyrrole nitrogens is 1. The van der Waals surface area contributed by atoms with E-state index in [0.717, 1.165) is 5.69 Å². The van der Waals surface area contributed by atoms with E-state index >= 15 is 0 Å². The number of hydrogen-bond donors (Lipinski definition) is 2. The van der Waals surface area contributed by atoms with Gasteiger partial charge >= 0.3 is 5.69 Å². The van der Waals surface area contributed by atoms with Crippen LogP contribution in [0.4, 0.5) is 14.5 Å². The lowest BCUT2D eigenvalue weighted by molar-refractivity contribution is -0.387. The van der Waals surface area contributed by atoms with Gasteiger partial charge in [-0.3, -0.25) is 14.9 Å². The number of hydrogen-bond acceptors (Lipinski definition) is 4. The van der Waals surface area contributed by atoms with Gasteiger partial charge in [0.1, 0.15) is 5.82 Å². The lowest BCUT2D eigenvalue weighted by Crippen LogP contribution is -2.26. The normalized spacial score (nSPS) is 10.4. The van der Waals surface area contributed by atoms with E-state index in [4.69, 9.17) is 0 Å². The van der Waals surface area contributed by atoms with Crippen LogP contribution >= 0.6 is 0 Å². The number of rotatable bonds is 5. The van der Waals surface area contributed by atoms with Crippen molar-refractivity contribution in [3.63, 3.8) is 0 Å². The number of halogens is 2. The number of nitro benzene ring substituents is 1. The lowest BCUT2D eigenvalue weighted by Gasteiger charge is -2.06. The molecule has 0 aliphatic carbocycles. The lowest BCUT2D eigenvalue weighted by atomic mass is 10.1. The summed E-state index contributed by atoms with van der Waals surface area (Å²) in [5.74, 6) is -3.26. The van der Waals surface area contributed by atoms with E-state index < -0.39 is 33.7 Å². The van der Waals surface area contributed by atoms with Crippen molar-refractivity contribution in [2.45, 2.75) is 6.42 Å². The number of aromatic nitrogens is 2. The molecule has 2 N–H and O–H groups in total. The van der Waals surface area contributed by atoms with Crippen LogP contribution in [0, 0.1) is 21.7 Å². The SMILES string of the molecule is O=C(NCCc1cnc[nH]1)c1cc(F)c([N+](=O)[O-])cc1F. The summed E-state index contributed by atoms with van der Waals surface area (Å²) in [6.07, 6.45) is 3.48. The molecule has 2 rings (SSSR count). The summed E-state index contributed by atoms with van der Waals surface area (Å²) in [5.41, 5.74) is -0.824. The average Bonchev–Trinajstić information content (AvgIpc) is 2.93. The van der Waals surface area contributed by atoms with Gasteiger partial charge in [-0.2, -0.15) is 4.39 Å². The second-order valence-electron chi connectivity index (χ2n) is 4.12. The van der Waals surface area contributed by atoms with Gasteiger partial charge < -0.3 is 10.3 Å². The summed E-state index contributed by atoms with van der Waals surface area (Å²) in [5, 5.41) is 12.8. The van der Waals surface area contributed by atoms with Crippen LogP contribution in [0.15, 0.2) is 24.7 Å². The van der Waals surface area contributed by atoms with Crippen molar-refractivity contribution in [1.29, 1.82) is 0 Å². The Morgan fingerprint density at radius 3 is 2.76 bits per heavy atom.